The fourth-order valence-corrected chi connectivity index (χ4v) is 4.42. The van der Waals surface area contributed by atoms with E-state index in [2.05, 4.69) is 15.4 Å². The van der Waals surface area contributed by atoms with Crippen molar-refractivity contribution in [1.29, 1.82) is 0 Å². The zero-order chi connectivity index (χ0) is 20.7. The molecule has 1 aliphatic rings. The van der Waals surface area contributed by atoms with Crippen molar-refractivity contribution in [3.05, 3.63) is 53.7 Å². The van der Waals surface area contributed by atoms with Crippen LogP contribution in [0.3, 0.4) is 0 Å². The van der Waals surface area contributed by atoms with Crippen LogP contribution in [-0.4, -0.2) is 33.9 Å². The standard InChI is InChI=1S/C22H20N4O3S/c1-13-5-3-6-18-19(13)23-22(30-18)24-21(27)15-12-26(2)25-20(15)14-7-8-16-17(11-14)29-10-4-9-28-16/h3,5-8,11-12H,4,9-10H2,1-2H3,(H,23,24,27). The van der Waals surface area contributed by atoms with Gasteiger partial charge in [-0.1, -0.05) is 23.5 Å². The minimum absolute atomic E-state index is 0.248. The molecule has 1 amide bonds. The Labute approximate surface area is 177 Å². The molecule has 152 valence electrons. The molecule has 0 saturated carbocycles. The predicted octanol–water partition coefficient (Wildman–Crippen LogP) is 4.42. The van der Waals surface area contributed by atoms with E-state index in [-0.39, 0.29) is 5.91 Å². The van der Waals surface area contributed by atoms with Crippen LogP contribution >= 0.6 is 11.3 Å². The van der Waals surface area contributed by atoms with Gasteiger partial charge in [-0.05, 0) is 36.8 Å². The zero-order valence-electron chi connectivity index (χ0n) is 16.6. The topological polar surface area (TPSA) is 78.3 Å². The quantitative estimate of drug-likeness (QED) is 0.531. The van der Waals surface area contributed by atoms with Crippen LogP contribution in [0.25, 0.3) is 21.5 Å². The first-order valence-electron chi connectivity index (χ1n) is 9.69. The van der Waals surface area contributed by atoms with Crippen molar-refractivity contribution in [3.8, 4) is 22.8 Å². The highest BCUT2D eigenvalue weighted by molar-refractivity contribution is 7.22. The molecule has 8 heteroatoms. The average Bonchev–Trinajstić information content (AvgIpc) is 3.24. The molecule has 0 radical (unpaired) electrons. The molecule has 0 fully saturated rings. The van der Waals surface area contributed by atoms with Crippen molar-refractivity contribution in [2.75, 3.05) is 18.5 Å². The van der Waals surface area contributed by atoms with Crippen LogP contribution < -0.4 is 14.8 Å². The number of anilines is 1. The average molecular weight is 420 g/mol. The largest absolute Gasteiger partial charge is 0.490 e. The summed E-state index contributed by atoms with van der Waals surface area (Å²) in [6.07, 6.45) is 2.55. The van der Waals surface area contributed by atoms with E-state index in [9.17, 15) is 4.79 Å². The lowest BCUT2D eigenvalue weighted by molar-refractivity contribution is 0.102. The van der Waals surface area contributed by atoms with Gasteiger partial charge in [-0.25, -0.2) is 4.98 Å². The molecule has 0 aliphatic carbocycles. The molecule has 0 unspecified atom stereocenters. The number of thiazole rings is 1. The molecule has 2 aromatic carbocycles. The number of nitrogens with one attached hydrogen (secondary N) is 1. The molecule has 5 rings (SSSR count). The minimum atomic E-state index is -0.248. The fraction of sp³-hybridized carbons (Fsp3) is 0.227. The normalized spacial score (nSPS) is 13.3. The summed E-state index contributed by atoms with van der Waals surface area (Å²) in [6, 6.07) is 11.6. The van der Waals surface area contributed by atoms with Gasteiger partial charge in [0.15, 0.2) is 16.6 Å². The number of carbonyl (C=O) groups excluding carboxylic acids is 1. The molecule has 1 aliphatic heterocycles. The summed E-state index contributed by atoms with van der Waals surface area (Å²) < 4.78 is 14.2. The Bertz CT molecular complexity index is 1260. The smallest absolute Gasteiger partial charge is 0.261 e. The molecule has 0 saturated heterocycles. The van der Waals surface area contributed by atoms with Crippen molar-refractivity contribution in [1.82, 2.24) is 14.8 Å². The first kappa shape index (κ1) is 18.6. The summed E-state index contributed by atoms with van der Waals surface area (Å²) in [5.41, 5.74) is 3.85. The molecular formula is C22H20N4O3S. The number of fused-ring (bicyclic) bond motifs is 2. The fourth-order valence-electron chi connectivity index (χ4n) is 3.48. The van der Waals surface area contributed by atoms with Gasteiger partial charge >= 0.3 is 0 Å². The van der Waals surface area contributed by atoms with Gasteiger partial charge in [-0.2, -0.15) is 5.10 Å². The lowest BCUT2D eigenvalue weighted by atomic mass is 10.1. The number of aryl methyl sites for hydroxylation is 2. The number of hydrogen-bond acceptors (Lipinski definition) is 6. The van der Waals surface area contributed by atoms with Crippen LogP contribution in [0.15, 0.2) is 42.6 Å². The Balaban J connectivity index is 1.47. The Morgan fingerprint density at radius 3 is 2.83 bits per heavy atom. The van der Waals surface area contributed by atoms with Crippen molar-refractivity contribution < 1.29 is 14.3 Å². The molecule has 30 heavy (non-hydrogen) atoms. The third-order valence-electron chi connectivity index (χ3n) is 4.94. The van der Waals surface area contributed by atoms with Gasteiger partial charge in [0, 0.05) is 25.2 Å². The maximum Gasteiger partial charge on any atom is 0.261 e. The van der Waals surface area contributed by atoms with Gasteiger partial charge in [-0.3, -0.25) is 14.8 Å². The highest BCUT2D eigenvalue weighted by Gasteiger charge is 2.21. The molecule has 2 aromatic heterocycles. The predicted molar refractivity (Wildman–Crippen MR) is 117 cm³/mol. The molecule has 0 spiro atoms. The number of hydrogen-bond donors (Lipinski definition) is 1. The van der Waals surface area contributed by atoms with E-state index < -0.39 is 0 Å². The highest BCUT2D eigenvalue weighted by Crippen LogP contribution is 2.35. The number of aromatic nitrogens is 3. The Hall–Kier alpha value is -3.39. The second kappa shape index (κ2) is 7.46. The SMILES string of the molecule is Cc1cccc2sc(NC(=O)c3cn(C)nc3-c3ccc4c(c3)OCCCO4)nc12. The van der Waals surface area contributed by atoms with Crippen LogP contribution in [0.4, 0.5) is 5.13 Å². The second-order valence-corrected chi connectivity index (χ2v) is 8.20. The van der Waals surface area contributed by atoms with E-state index in [0.29, 0.717) is 41.1 Å². The Morgan fingerprint density at radius 2 is 2.00 bits per heavy atom. The molecule has 1 N–H and O–H groups in total. The van der Waals surface area contributed by atoms with Gasteiger partial charge in [0.2, 0.25) is 0 Å². The summed E-state index contributed by atoms with van der Waals surface area (Å²) in [5.74, 6) is 1.13. The van der Waals surface area contributed by atoms with E-state index in [4.69, 9.17) is 9.47 Å². The van der Waals surface area contributed by atoms with E-state index in [1.807, 2.05) is 43.3 Å². The van der Waals surface area contributed by atoms with Crippen LogP contribution in [0.5, 0.6) is 11.5 Å². The maximum atomic E-state index is 13.1. The molecule has 0 bridgehead atoms. The highest BCUT2D eigenvalue weighted by atomic mass is 32.1. The number of benzene rings is 2. The van der Waals surface area contributed by atoms with Crippen LogP contribution in [0.1, 0.15) is 22.3 Å². The van der Waals surface area contributed by atoms with E-state index in [1.54, 1.807) is 17.9 Å². The molecule has 0 atom stereocenters. The monoisotopic (exact) mass is 420 g/mol. The molecule has 7 nitrogen and oxygen atoms in total. The van der Waals surface area contributed by atoms with Crippen molar-refractivity contribution >= 4 is 32.6 Å². The summed E-state index contributed by atoms with van der Waals surface area (Å²) in [7, 11) is 1.80. The molecule has 3 heterocycles. The lowest BCUT2D eigenvalue weighted by Gasteiger charge is -2.09. The van der Waals surface area contributed by atoms with Gasteiger partial charge in [0.1, 0.15) is 5.69 Å². The van der Waals surface area contributed by atoms with Gasteiger partial charge in [-0.15, -0.1) is 0 Å². The van der Waals surface area contributed by atoms with Crippen LogP contribution in [-0.2, 0) is 7.05 Å². The van der Waals surface area contributed by atoms with E-state index in [0.717, 1.165) is 27.8 Å². The number of ether oxygens (including phenoxy) is 2. The van der Waals surface area contributed by atoms with Gasteiger partial charge in [0.05, 0.1) is 29.0 Å². The first-order valence-corrected chi connectivity index (χ1v) is 10.5. The van der Waals surface area contributed by atoms with Crippen LogP contribution in [0.2, 0.25) is 0 Å². The van der Waals surface area contributed by atoms with Gasteiger partial charge < -0.3 is 9.47 Å². The molecule has 4 aromatic rings. The number of para-hydroxylation sites is 1. The number of amides is 1. The van der Waals surface area contributed by atoms with Crippen molar-refractivity contribution in [2.24, 2.45) is 7.05 Å². The van der Waals surface area contributed by atoms with Crippen molar-refractivity contribution in [3.63, 3.8) is 0 Å². The third-order valence-corrected chi connectivity index (χ3v) is 5.87. The number of nitrogens with zero attached hydrogens (tertiary/aromatic N) is 3. The third kappa shape index (κ3) is 3.39. The van der Waals surface area contributed by atoms with Crippen molar-refractivity contribution in [2.45, 2.75) is 13.3 Å². The maximum absolute atomic E-state index is 13.1. The van der Waals surface area contributed by atoms with E-state index in [1.165, 1.54) is 11.3 Å². The summed E-state index contributed by atoms with van der Waals surface area (Å²) in [6.45, 7) is 3.24. The zero-order valence-corrected chi connectivity index (χ0v) is 17.5. The first-order chi connectivity index (χ1) is 14.6. The Morgan fingerprint density at radius 1 is 1.17 bits per heavy atom. The van der Waals surface area contributed by atoms with Gasteiger partial charge in [0.25, 0.3) is 5.91 Å². The number of rotatable bonds is 3. The summed E-state index contributed by atoms with van der Waals surface area (Å²) >= 11 is 1.46. The summed E-state index contributed by atoms with van der Waals surface area (Å²) in [5, 5.41) is 8.01. The Kier molecular flexibility index (Phi) is 4.63. The lowest BCUT2D eigenvalue weighted by Crippen LogP contribution is -2.12. The molecular weight excluding hydrogens is 400 g/mol. The van der Waals surface area contributed by atoms with Crippen LogP contribution in [0, 0.1) is 6.92 Å². The second-order valence-electron chi connectivity index (χ2n) is 7.17. The van der Waals surface area contributed by atoms with E-state index >= 15 is 0 Å². The summed E-state index contributed by atoms with van der Waals surface area (Å²) in [4.78, 5) is 17.7. The number of carbonyl (C=O) groups is 1. The minimum Gasteiger partial charge on any atom is -0.490 e.